The molecule has 4 aromatic carbocycles. The van der Waals surface area contributed by atoms with Gasteiger partial charge in [-0.25, -0.2) is 4.98 Å². The highest BCUT2D eigenvalue weighted by Crippen LogP contribution is 2.38. The Morgan fingerprint density at radius 1 is 0.672 bits per heavy atom. The van der Waals surface area contributed by atoms with Gasteiger partial charge in [0.15, 0.2) is 0 Å². The highest BCUT2D eigenvalue weighted by Gasteiger charge is 2.20. The van der Waals surface area contributed by atoms with Crippen molar-refractivity contribution in [3.05, 3.63) is 109 Å². The summed E-state index contributed by atoms with van der Waals surface area (Å²) >= 11 is 25.6. The summed E-state index contributed by atoms with van der Waals surface area (Å²) in [7, 11) is -13.3. The highest BCUT2D eigenvalue weighted by molar-refractivity contribution is 7.86. The second kappa shape index (κ2) is 23.6. The van der Waals surface area contributed by atoms with E-state index in [1.165, 1.54) is 31.2 Å². The fraction of sp³-hybridized carbons (Fsp3) is 0.341. The Balaban J connectivity index is 1.54. The third kappa shape index (κ3) is 16.5. The van der Waals surface area contributed by atoms with Gasteiger partial charge in [0, 0.05) is 47.7 Å². The molecule has 1 aromatic heterocycles. The first-order valence-corrected chi connectivity index (χ1v) is 26.2. The Bertz CT molecular complexity index is 3000. The average molecular weight is 1060 g/mol. The molecule has 1 heterocycles. The lowest BCUT2D eigenvalue weighted by Gasteiger charge is -2.15. The van der Waals surface area contributed by atoms with Crippen molar-refractivity contribution in [3.63, 3.8) is 0 Å². The Kier molecular flexibility index (Phi) is 18.8. The summed E-state index contributed by atoms with van der Waals surface area (Å²) < 4.78 is 111. The molecule has 19 nitrogen and oxygen atoms in total. The quantitative estimate of drug-likeness (QED) is 0.0269. The van der Waals surface area contributed by atoms with Gasteiger partial charge in [-0.1, -0.05) is 59.7 Å². The molecule has 0 aliphatic rings. The molecule has 0 radical (unpaired) electrons. The van der Waals surface area contributed by atoms with E-state index in [1.54, 1.807) is 30.3 Å². The number of anilines is 1. The van der Waals surface area contributed by atoms with Crippen LogP contribution in [0.1, 0.15) is 67.9 Å². The molecule has 0 bridgehead atoms. The third-order valence-electron chi connectivity index (χ3n) is 9.47. The van der Waals surface area contributed by atoms with Gasteiger partial charge in [-0.05, 0) is 87.2 Å². The Hall–Kier alpha value is -4.62. The number of hydrogen-bond acceptors (Lipinski definition) is 16. The van der Waals surface area contributed by atoms with Crippen molar-refractivity contribution >= 4 is 105 Å². The van der Waals surface area contributed by atoms with Crippen LogP contribution < -0.4 is 14.8 Å². The topological polar surface area (TPSA) is 282 Å². The molecule has 1 atom stereocenters. The van der Waals surface area contributed by atoms with Crippen LogP contribution in [0.25, 0.3) is 0 Å². The van der Waals surface area contributed by atoms with Gasteiger partial charge in [0.05, 0.1) is 50.7 Å². The maximum Gasteiger partial charge on any atom is 0.296 e. The van der Waals surface area contributed by atoms with Crippen molar-refractivity contribution in [2.45, 2.75) is 69.4 Å². The van der Waals surface area contributed by atoms with Gasteiger partial charge < -0.3 is 14.8 Å². The smallest absolute Gasteiger partial charge is 0.296 e. The van der Waals surface area contributed by atoms with Crippen LogP contribution in [0.4, 0.5) is 28.7 Å². The van der Waals surface area contributed by atoms with E-state index < -0.39 is 46.3 Å². The molecule has 4 N–H and O–H groups in total. The molecule has 0 fully saturated rings. The van der Waals surface area contributed by atoms with E-state index in [0.29, 0.717) is 39.9 Å². The van der Waals surface area contributed by atoms with Crippen LogP contribution in [0.5, 0.6) is 11.5 Å². The first-order valence-electron chi connectivity index (χ1n) is 20.1. The first-order chi connectivity index (χ1) is 31.5. The Morgan fingerprint density at radius 3 is 1.69 bits per heavy atom. The van der Waals surface area contributed by atoms with Crippen molar-refractivity contribution in [1.29, 1.82) is 0 Å². The van der Waals surface area contributed by atoms with Crippen LogP contribution in [-0.2, 0) is 43.2 Å². The van der Waals surface area contributed by atoms with Gasteiger partial charge in [0.25, 0.3) is 30.4 Å². The zero-order chi connectivity index (χ0) is 49.1. The summed E-state index contributed by atoms with van der Waals surface area (Å²) in [6, 6.07) is 14.9. The molecule has 0 saturated carbocycles. The SMILES string of the molecule is CCCCOc1cc(N=Nc2ccc(Cl)c(C)c2)c(Cl)cc1Cc1nc(Cc2cc(Cl)c(N=Nc3ccc(Cl)c(S(=O)(=O)O)c3)cc2OCCCS(=O)(=O)O)nc(NCCC(C)S(=O)(=O)O)n1. The van der Waals surface area contributed by atoms with E-state index in [1.807, 2.05) is 13.8 Å². The number of aromatic nitrogens is 3. The second-order valence-corrected chi connectivity index (χ2v) is 21.2. The molecule has 0 amide bonds. The van der Waals surface area contributed by atoms with Gasteiger partial charge >= 0.3 is 0 Å². The van der Waals surface area contributed by atoms with Crippen molar-refractivity contribution in [1.82, 2.24) is 15.0 Å². The number of rotatable bonds is 23. The number of halogens is 4. The van der Waals surface area contributed by atoms with E-state index in [-0.39, 0.29) is 88.6 Å². The van der Waals surface area contributed by atoms with Crippen LogP contribution in [-0.4, -0.2) is 84.6 Å². The summed E-state index contributed by atoms with van der Waals surface area (Å²) in [5.41, 5.74) is 2.68. The number of aryl methyl sites for hydroxylation is 1. The molecule has 360 valence electrons. The molecular formula is C41H44Cl4N8O11S3. The Morgan fingerprint density at radius 2 is 1.19 bits per heavy atom. The van der Waals surface area contributed by atoms with Crippen molar-refractivity contribution < 1.29 is 48.4 Å². The standard InChI is InChI=1S/C41H44Cl4N8O11S3/c1-4-5-13-63-36-22-34(52-50-28-7-9-30(42)24(2)16-28)32(44)17-26(36)19-39-47-40(49-41(48-39)46-12-11-25(3)66(57,58)59)20-27-18-33(45)35(23-37(27)64-14-6-15-65(54,55)56)53-51-29-8-10-31(43)38(21-29)67(60,61)62/h7-10,16-18,21-23,25H,4-6,11-15,19-20H2,1-3H3,(H,54,55,56)(H,57,58,59)(H,60,61,62)(H,46,47,48,49). The Labute approximate surface area is 407 Å². The van der Waals surface area contributed by atoms with Crippen molar-refractivity contribution in [2.75, 3.05) is 30.8 Å². The number of ether oxygens (including phenoxy) is 2. The van der Waals surface area contributed by atoms with Gasteiger partial charge in [-0.2, -0.15) is 45.4 Å². The van der Waals surface area contributed by atoms with Gasteiger partial charge in [-0.15, -0.1) is 10.2 Å². The summed E-state index contributed by atoms with van der Waals surface area (Å²) in [4.78, 5) is 13.3. The summed E-state index contributed by atoms with van der Waals surface area (Å²) in [6.07, 6.45) is 1.44. The molecule has 0 aliphatic heterocycles. The highest BCUT2D eigenvalue weighted by atomic mass is 35.5. The number of nitrogens with one attached hydrogen (secondary N) is 1. The van der Waals surface area contributed by atoms with E-state index in [4.69, 9.17) is 60.9 Å². The summed E-state index contributed by atoms with van der Waals surface area (Å²) in [5, 5.41) is 19.4. The van der Waals surface area contributed by atoms with Crippen LogP contribution in [0.2, 0.25) is 20.1 Å². The monoisotopic (exact) mass is 1060 g/mol. The molecule has 5 aromatic rings. The number of unbranched alkanes of at least 4 members (excludes halogenated alkanes) is 1. The van der Waals surface area contributed by atoms with Gasteiger partial charge in [0.1, 0.15) is 39.4 Å². The molecule has 0 saturated heterocycles. The van der Waals surface area contributed by atoms with Crippen LogP contribution in [0, 0.1) is 6.92 Å². The summed E-state index contributed by atoms with van der Waals surface area (Å²) in [5.74, 6) is 0.381. The predicted molar refractivity (Wildman–Crippen MR) is 255 cm³/mol. The van der Waals surface area contributed by atoms with E-state index in [9.17, 15) is 38.9 Å². The maximum absolute atomic E-state index is 11.8. The molecular weight excluding hydrogens is 1020 g/mol. The van der Waals surface area contributed by atoms with Crippen LogP contribution in [0.3, 0.4) is 0 Å². The first kappa shape index (κ1) is 53.3. The lowest BCUT2D eigenvalue weighted by atomic mass is 10.1. The summed E-state index contributed by atoms with van der Waals surface area (Å²) in [6.45, 7) is 5.41. The fourth-order valence-corrected chi connectivity index (χ4v) is 8.32. The van der Waals surface area contributed by atoms with Crippen LogP contribution >= 0.6 is 46.4 Å². The molecule has 67 heavy (non-hydrogen) atoms. The average Bonchev–Trinajstić information content (AvgIpc) is 3.23. The number of nitrogens with zero attached hydrogens (tertiary/aromatic N) is 7. The van der Waals surface area contributed by atoms with Gasteiger partial charge in [0.2, 0.25) is 5.95 Å². The molecule has 26 heteroatoms. The van der Waals surface area contributed by atoms with Gasteiger partial charge in [-0.3, -0.25) is 13.7 Å². The predicted octanol–water partition coefficient (Wildman–Crippen LogP) is 11.0. The molecule has 0 spiro atoms. The number of hydrogen-bond donors (Lipinski definition) is 4. The number of azo groups is 2. The molecule has 5 rings (SSSR count). The zero-order valence-corrected chi connectivity index (χ0v) is 41.4. The lowest BCUT2D eigenvalue weighted by molar-refractivity contribution is 0.306. The van der Waals surface area contributed by atoms with Crippen LogP contribution in [0.15, 0.2) is 86.0 Å². The normalized spacial score (nSPS) is 12.8. The van der Waals surface area contributed by atoms with E-state index in [2.05, 4.69) is 35.7 Å². The lowest BCUT2D eigenvalue weighted by Crippen LogP contribution is -2.21. The van der Waals surface area contributed by atoms with Crippen molar-refractivity contribution in [2.24, 2.45) is 20.5 Å². The third-order valence-corrected chi connectivity index (χ3v) is 13.9. The second-order valence-electron chi connectivity index (χ2n) is 14.8. The number of benzene rings is 4. The molecule has 1 unspecified atom stereocenters. The minimum Gasteiger partial charge on any atom is -0.493 e. The maximum atomic E-state index is 11.8. The van der Waals surface area contributed by atoms with E-state index in [0.717, 1.165) is 24.5 Å². The fourth-order valence-electron chi connectivity index (χ4n) is 5.86. The minimum absolute atomic E-state index is 0.00781. The minimum atomic E-state index is -4.69. The molecule has 0 aliphatic carbocycles. The zero-order valence-electron chi connectivity index (χ0n) is 35.9. The van der Waals surface area contributed by atoms with E-state index >= 15 is 0 Å². The van der Waals surface area contributed by atoms with Crippen molar-refractivity contribution in [3.8, 4) is 11.5 Å². The largest absolute Gasteiger partial charge is 0.493 e.